The van der Waals surface area contributed by atoms with Gasteiger partial charge in [-0.25, -0.2) is 0 Å². The minimum absolute atomic E-state index is 0.474. The van der Waals surface area contributed by atoms with Crippen molar-refractivity contribution in [2.45, 2.75) is 37.6 Å². The second-order valence-electron chi connectivity index (χ2n) is 4.58. The van der Waals surface area contributed by atoms with Crippen molar-refractivity contribution in [2.24, 2.45) is 0 Å². The first-order valence-corrected chi connectivity index (χ1v) is 6.07. The van der Waals surface area contributed by atoms with Crippen molar-refractivity contribution in [2.75, 3.05) is 6.61 Å². The number of rotatable bonds is 3. The Morgan fingerprint density at radius 3 is 2.42 bits per heavy atom. The van der Waals surface area contributed by atoms with Crippen molar-refractivity contribution in [3.63, 3.8) is 0 Å². The number of aryl methyl sites for hydroxylation is 1. The van der Waals surface area contributed by atoms with Crippen LogP contribution in [0.25, 0.3) is 0 Å². The number of hydrogen-bond acceptors (Lipinski definition) is 6. The molecule has 0 aliphatic carbocycles. The number of para-hydroxylation sites is 1. The molecule has 1 heterocycles. The van der Waals surface area contributed by atoms with Crippen LogP contribution in [0.4, 0.5) is 0 Å². The average Bonchev–Trinajstić information content (AvgIpc) is 2.41. The molecule has 19 heavy (non-hydrogen) atoms. The molecule has 0 aromatic heterocycles. The van der Waals surface area contributed by atoms with Gasteiger partial charge in [0, 0.05) is 0 Å². The van der Waals surface area contributed by atoms with Crippen LogP contribution in [0.1, 0.15) is 5.56 Å². The van der Waals surface area contributed by atoms with E-state index in [1.165, 1.54) is 0 Å². The molecule has 0 spiro atoms. The molecule has 0 unspecified atom stereocenters. The van der Waals surface area contributed by atoms with E-state index in [1.807, 2.05) is 19.1 Å². The van der Waals surface area contributed by atoms with Gasteiger partial charge in [-0.1, -0.05) is 18.2 Å². The van der Waals surface area contributed by atoms with Crippen molar-refractivity contribution in [3.05, 3.63) is 29.8 Å². The Hall–Kier alpha value is -1.18. The zero-order valence-electron chi connectivity index (χ0n) is 10.5. The quantitative estimate of drug-likeness (QED) is 0.572. The van der Waals surface area contributed by atoms with Crippen molar-refractivity contribution in [1.82, 2.24) is 0 Å². The maximum absolute atomic E-state index is 9.83. The minimum atomic E-state index is -1.43. The van der Waals surface area contributed by atoms with E-state index in [1.54, 1.807) is 12.1 Å². The van der Waals surface area contributed by atoms with Gasteiger partial charge in [0.05, 0.1) is 6.61 Å². The van der Waals surface area contributed by atoms with Crippen LogP contribution in [0.15, 0.2) is 24.3 Å². The summed E-state index contributed by atoms with van der Waals surface area (Å²) in [6.07, 6.45) is -6.31. The standard InChI is InChI=1S/C13H18O6/c1-7-4-2-3-5-8(7)18-13-12(17)11(16)10(15)9(6-14)19-13/h2-5,9-17H,6H2,1H3/t9-,10-,11+,12+,13+/m1/s1. The maximum Gasteiger partial charge on any atom is 0.229 e. The number of aliphatic hydroxyl groups is 4. The Bertz CT molecular complexity index is 421. The third-order valence-electron chi connectivity index (χ3n) is 3.19. The lowest BCUT2D eigenvalue weighted by atomic mass is 9.99. The lowest BCUT2D eigenvalue weighted by Gasteiger charge is -2.39. The summed E-state index contributed by atoms with van der Waals surface area (Å²) in [6.45, 7) is 1.36. The van der Waals surface area contributed by atoms with Gasteiger partial charge in [-0.05, 0) is 18.6 Å². The summed E-state index contributed by atoms with van der Waals surface area (Å²) in [5, 5.41) is 38.2. The van der Waals surface area contributed by atoms with Crippen LogP contribution in [0.2, 0.25) is 0 Å². The molecule has 2 rings (SSSR count). The van der Waals surface area contributed by atoms with E-state index < -0.39 is 37.3 Å². The van der Waals surface area contributed by atoms with Gasteiger partial charge in [0.1, 0.15) is 30.2 Å². The smallest absolute Gasteiger partial charge is 0.229 e. The molecular formula is C13H18O6. The predicted octanol–water partition coefficient (Wildman–Crippen LogP) is -0.826. The van der Waals surface area contributed by atoms with E-state index in [-0.39, 0.29) is 0 Å². The van der Waals surface area contributed by atoms with Gasteiger partial charge in [-0.2, -0.15) is 0 Å². The Morgan fingerprint density at radius 2 is 1.79 bits per heavy atom. The summed E-state index contributed by atoms with van der Waals surface area (Å²) in [7, 11) is 0. The number of aliphatic hydroxyl groups excluding tert-OH is 4. The summed E-state index contributed by atoms with van der Waals surface area (Å²) in [6, 6.07) is 7.15. The summed E-state index contributed by atoms with van der Waals surface area (Å²) in [4.78, 5) is 0. The fourth-order valence-electron chi connectivity index (χ4n) is 1.98. The molecule has 106 valence electrons. The van der Waals surface area contributed by atoms with E-state index >= 15 is 0 Å². The fraction of sp³-hybridized carbons (Fsp3) is 0.538. The van der Waals surface area contributed by atoms with E-state index in [0.717, 1.165) is 5.56 Å². The van der Waals surface area contributed by atoms with E-state index in [0.29, 0.717) is 5.75 Å². The number of hydrogen-bond donors (Lipinski definition) is 4. The first kappa shape index (κ1) is 14.2. The monoisotopic (exact) mass is 270 g/mol. The lowest BCUT2D eigenvalue weighted by molar-refractivity contribution is -0.277. The molecule has 0 radical (unpaired) electrons. The molecule has 1 fully saturated rings. The molecule has 5 atom stereocenters. The molecule has 1 aromatic carbocycles. The van der Waals surface area contributed by atoms with Crippen molar-refractivity contribution in [3.8, 4) is 5.75 Å². The molecule has 0 saturated carbocycles. The van der Waals surface area contributed by atoms with Gasteiger partial charge >= 0.3 is 0 Å². The highest BCUT2D eigenvalue weighted by molar-refractivity contribution is 5.31. The van der Waals surface area contributed by atoms with E-state index in [4.69, 9.17) is 14.6 Å². The van der Waals surface area contributed by atoms with Crippen LogP contribution in [-0.2, 0) is 4.74 Å². The van der Waals surface area contributed by atoms with Crippen LogP contribution in [0.3, 0.4) is 0 Å². The van der Waals surface area contributed by atoms with Gasteiger partial charge in [0.25, 0.3) is 0 Å². The highest BCUT2D eigenvalue weighted by Crippen LogP contribution is 2.25. The maximum atomic E-state index is 9.83. The third kappa shape index (κ3) is 2.88. The molecule has 0 bridgehead atoms. The fourth-order valence-corrected chi connectivity index (χ4v) is 1.98. The van der Waals surface area contributed by atoms with Crippen molar-refractivity contribution in [1.29, 1.82) is 0 Å². The van der Waals surface area contributed by atoms with Gasteiger partial charge in [0.15, 0.2) is 0 Å². The van der Waals surface area contributed by atoms with Gasteiger partial charge < -0.3 is 29.9 Å². The lowest BCUT2D eigenvalue weighted by Crippen LogP contribution is -2.60. The second kappa shape index (κ2) is 5.85. The Kier molecular flexibility index (Phi) is 4.38. The summed E-state index contributed by atoms with van der Waals surface area (Å²) >= 11 is 0. The van der Waals surface area contributed by atoms with Gasteiger partial charge in [0.2, 0.25) is 6.29 Å². The SMILES string of the molecule is Cc1ccccc1O[C@H]1O[C@H](CO)[C@@H](O)[C@H](O)[C@@H]1O. The minimum Gasteiger partial charge on any atom is -0.462 e. The molecule has 1 saturated heterocycles. The summed E-state index contributed by atoms with van der Waals surface area (Å²) in [5.41, 5.74) is 0.847. The first-order chi connectivity index (χ1) is 9.04. The topological polar surface area (TPSA) is 99.4 Å². The Morgan fingerprint density at radius 1 is 1.11 bits per heavy atom. The van der Waals surface area contributed by atoms with Crippen LogP contribution in [0, 0.1) is 6.92 Å². The highest BCUT2D eigenvalue weighted by Gasteiger charge is 2.44. The zero-order chi connectivity index (χ0) is 14.0. The largest absolute Gasteiger partial charge is 0.462 e. The molecule has 1 aromatic rings. The number of ether oxygens (including phenoxy) is 2. The molecule has 0 amide bonds. The molecule has 1 aliphatic rings. The molecular weight excluding hydrogens is 252 g/mol. The van der Waals surface area contributed by atoms with Gasteiger partial charge in [-0.3, -0.25) is 0 Å². The van der Waals surface area contributed by atoms with Crippen molar-refractivity contribution >= 4 is 0 Å². The molecule has 1 aliphatic heterocycles. The molecule has 4 N–H and O–H groups in total. The third-order valence-corrected chi connectivity index (χ3v) is 3.19. The van der Waals surface area contributed by atoms with Crippen molar-refractivity contribution < 1.29 is 29.9 Å². The van der Waals surface area contributed by atoms with Crippen LogP contribution in [-0.4, -0.2) is 57.7 Å². The molecule has 6 heteroatoms. The average molecular weight is 270 g/mol. The van der Waals surface area contributed by atoms with Gasteiger partial charge in [-0.15, -0.1) is 0 Å². The predicted molar refractivity (Wildman–Crippen MR) is 65.6 cm³/mol. The van der Waals surface area contributed by atoms with Crippen LogP contribution >= 0.6 is 0 Å². The summed E-state index contributed by atoms with van der Waals surface area (Å²) < 4.78 is 10.8. The number of benzene rings is 1. The van der Waals surface area contributed by atoms with E-state index in [2.05, 4.69) is 0 Å². The first-order valence-electron chi connectivity index (χ1n) is 6.07. The van der Waals surface area contributed by atoms with Crippen LogP contribution < -0.4 is 4.74 Å². The second-order valence-corrected chi connectivity index (χ2v) is 4.58. The van der Waals surface area contributed by atoms with E-state index in [9.17, 15) is 15.3 Å². The summed E-state index contributed by atoms with van der Waals surface area (Å²) in [5.74, 6) is 0.506. The molecule has 6 nitrogen and oxygen atoms in total. The normalized spacial score (nSPS) is 35.1. The highest BCUT2D eigenvalue weighted by atomic mass is 16.7. The Balaban J connectivity index is 2.13. The zero-order valence-corrected chi connectivity index (χ0v) is 10.5. The Labute approximate surface area is 110 Å². The van der Waals surface area contributed by atoms with Crippen LogP contribution in [0.5, 0.6) is 5.75 Å².